The molecule has 0 radical (unpaired) electrons. The molecule has 1 atom stereocenters. The number of allylic oxidation sites excluding steroid dienone is 4. The first kappa shape index (κ1) is 21.5. The maximum atomic E-state index is 3.55. The summed E-state index contributed by atoms with van der Waals surface area (Å²) in [5.41, 5.74) is 4.77. The van der Waals surface area contributed by atoms with Crippen LogP contribution in [-0.2, 0) is 21.7 Å². The monoisotopic (exact) mass is 254 g/mol. The van der Waals surface area contributed by atoms with Crippen LogP contribution in [-0.4, -0.2) is 0 Å². The number of hydrogen-bond acceptors (Lipinski definition) is 0. The second-order valence-electron chi connectivity index (χ2n) is 3.98. The van der Waals surface area contributed by atoms with Gasteiger partial charge in [-0.15, -0.1) is 0 Å². The van der Waals surface area contributed by atoms with Crippen LogP contribution in [0.1, 0.15) is 46.0 Å². The van der Waals surface area contributed by atoms with Gasteiger partial charge in [0, 0.05) is 0 Å². The molecule has 0 aromatic rings. The Morgan fingerprint density at radius 3 is 2.25 bits per heavy atom. The molecule has 0 N–H and O–H groups in total. The fraction of sp³-hybridized carbons (Fsp3) is 0.533. The predicted octanol–water partition coefficient (Wildman–Crippen LogP) is 4.99. The van der Waals surface area contributed by atoms with Crippen molar-refractivity contribution in [2.24, 2.45) is 5.92 Å². The van der Waals surface area contributed by atoms with Crippen LogP contribution in [0, 0.1) is 34.3 Å². The minimum atomic E-state index is 0. The van der Waals surface area contributed by atoms with Gasteiger partial charge >= 0.3 is 21.7 Å². The van der Waals surface area contributed by atoms with Gasteiger partial charge < -0.3 is 22.3 Å². The molecule has 0 saturated heterocycles. The third-order valence-corrected chi connectivity index (χ3v) is 3.21. The quantitative estimate of drug-likeness (QED) is 0.456. The van der Waals surface area contributed by atoms with Crippen molar-refractivity contribution < 1.29 is 21.7 Å². The molecule has 0 nitrogen and oxygen atoms in total. The fourth-order valence-corrected chi connectivity index (χ4v) is 2.60. The van der Waals surface area contributed by atoms with Crippen molar-refractivity contribution in [3.8, 4) is 0 Å². The minimum absolute atomic E-state index is 0. The van der Waals surface area contributed by atoms with Crippen LogP contribution >= 0.6 is 0 Å². The van der Waals surface area contributed by atoms with E-state index in [9.17, 15) is 0 Å². The molecule has 0 amide bonds. The molecule has 0 aliphatic heterocycles. The molecule has 16 heavy (non-hydrogen) atoms. The van der Waals surface area contributed by atoms with E-state index in [4.69, 9.17) is 0 Å². The standard InChI is InChI=1S/C12H17.3CH3.Ti/c1-3-11-9(2)8-10-6-4-5-7-12(10)11;;;;/h11H,3-7H2,1-2H3;3*1H3;/q4*-1;+4. The van der Waals surface area contributed by atoms with Gasteiger partial charge in [0.15, 0.2) is 0 Å². The predicted molar refractivity (Wildman–Crippen MR) is 70.9 cm³/mol. The first-order valence-corrected chi connectivity index (χ1v) is 5.15. The van der Waals surface area contributed by atoms with Crippen molar-refractivity contribution in [1.29, 1.82) is 0 Å². The molecule has 0 spiro atoms. The van der Waals surface area contributed by atoms with Crippen molar-refractivity contribution in [2.75, 3.05) is 0 Å². The Morgan fingerprint density at radius 2 is 1.69 bits per heavy atom. The molecule has 1 unspecified atom stereocenters. The Labute approximate surface area is 118 Å². The summed E-state index contributed by atoms with van der Waals surface area (Å²) in [5, 5.41) is 0. The van der Waals surface area contributed by atoms with Gasteiger partial charge in [-0.3, -0.25) is 0 Å². The van der Waals surface area contributed by atoms with Gasteiger partial charge in [0.2, 0.25) is 0 Å². The van der Waals surface area contributed by atoms with E-state index >= 15 is 0 Å². The second kappa shape index (κ2) is 9.25. The fourth-order valence-electron chi connectivity index (χ4n) is 2.60. The van der Waals surface area contributed by atoms with Crippen molar-refractivity contribution in [1.82, 2.24) is 0 Å². The summed E-state index contributed by atoms with van der Waals surface area (Å²) < 4.78 is 0. The van der Waals surface area contributed by atoms with E-state index < -0.39 is 0 Å². The third kappa shape index (κ3) is 3.89. The smallest absolute Gasteiger partial charge is 0.358 e. The molecule has 0 bridgehead atoms. The Hall–Kier alpha value is 0.194. The summed E-state index contributed by atoms with van der Waals surface area (Å²) in [7, 11) is 0. The zero-order chi connectivity index (χ0) is 8.55. The Morgan fingerprint density at radius 1 is 1.12 bits per heavy atom. The average Bonchev–Trinajstić information content (AvgIpc) is 2.40. The first-order chi connectivity index (χ1) is 5.83. The Kier molecular flexibility index (Phi) is 12.4. The summed E-state index contributed by atoms with van der Waals surface area (Å²) in [6, 6.07) is 0. The van der Waals surface area contributed by atoms with Crippen LogP contribution in [0.15, 0.2) is 16.7 Å². The normalized spacial score (nSPS) is 21.6. The summed E-state index contributed by atoms with van der Waals surface area (Å²) in [6.07, 6.45) is 10.3. The molecular weight excluding hydrogens is 228 g/mol. The van der Waals surface area contributed by atoms with Gasteiger partial charge in [0.25, 0.3) is 0 Å². The number of hydrogen-bond donors (Lipinski definition) is 0. The van der Waals surface area contributed by atoms with E-state index in [0.29, 0.717) is 0 Å². The van der Waals surface area contributed by atoms with Crippen molar-refractivity contribution in [2.45, 2.75) is 46.0 Å². The largest absolute Gasteiger partial charge is 4.00 e. The first-order valence-electron chi connectivity index (χ1n) is 5.15. The molecule has 2 aliphatic rings. The van der Waals surface area contributed by atoms with Crippen LogP contribution in [0.5, 0.6) is 0 Å². The maximum absolute atomic E-state index is 3.55. The zero-order valence-electron chi connectivity index (χ0n) is 11.6. The van der Waals surface area contributed by atoms with Crippen LogP contribution in [0.4, 0.5) is 0 Å². The molecule has 0 fully saturated rings. The third-order valence-electron chi connectivity index (χ3n) is 3.21. The molecule has 2 aliphatic carbocycles. The topological polar surface area (TPSA) is 0 Å². The summed E-state index contributed by atoms with van der Waals surface area (Å²) in [6.45, 7) is 4.53. The van der Waals surface area contributed by atoms with Gasteiger partial charge in [-0.25, -0.2) is 17.2 Å². The molecule has 1 heteroatoms. The Balaban J connectivity index is -0.000000422. The van der Waals surface area contributed by atoms with Gasteiger partial charge in [-0.1, -0.05) is 51.9 Å². The summed E-state index contributed by atoms with van der Waals surface area (Å²) >= 11 is 0. The van der Waals surface area contributed by atoms with E-state index in [2.05, 4.69) is 19.9 Å². The van der Waals surface area contributed by atoms with Crippen LogP contribution in [0.2, 0.25) is 0 Å². The van der Waals surface area contributed by atoms with Gasteiger partial charge in [0.1, 0.15) is 0 Å². The molecule has 0 heterocycles. The van der Waals surface area contributed by atoms with Gasteiger partial charge in [-0.2, -0.15) is 5.57 Å². The molecule has 90 valence electrons. The molecule has 0 aromatic carbocycles. The SMILES string of the molecule is CCC1C(C)=[C-]C2=C1CCCC2.[CH3-].[CH3-].[CH3-].[Ti+4]. The van der Waals surface area contributed by atoms with Gasteiger partial charge in [0.05, 0.1) is 0 Å². The van der Waals surface area contributed by atoms with Crippen molar-refractivity contribution in [3.63, 3.8) is 0 Å². The van der Waals surface area contributed by atoms with Crippen molar-refractivity contribution in [3.05, 3.63) is 45.1 Å². The summed E-state index contributed by atoms with van der Waals surface area (Å²) in [4.78, 5) is 0. The van der Waals surface area contributed by atoms with Crippen LogP contribution < -0.4 is 0 Å². The summed E-state index contributed by atoms with van der Waals surface area (Å²) in [5.74, 6) is 0.764. The molecule has 0 aromatic heterocycles. The van der Waals surface area contributed by atoms with E-state index in [1.807, 2.05) is 0 Å². The van der Waals surface area contributed by atoms with Crippen molar-refractivity contribution >= 4 is 0 Å². The van der Waals surface area contributed by atoms with Crippen LogP contribution in [0.3, 0.4) is 0 Å². The minimum Gasteiger partial charge on any atom is -0.358 e. The number of rotatable bonds is 1. The van der Waals surface area contributed by atoms with E-state index in [1.165, 1.54) is 37.7 Å². The van der Waals surface area contributed by atoms with E-state index in [0.717, 1.165) is 5.92 Å². The van der Waals surface area contributed by atoms with Crippen LogP contribution in [0.25, 0.3) is 0 Å². The molecule has 0 saturated carbocycles. The molecule has 2 rings (SSSR count). The average molecular weight is 254 g/mol. The zero-order valence-corrected chi connectivity index (χ0v) is 13.2. The van der Waals surface area contributed by atoms with Gasteiger partial charge in [-0.05, 0) is 0 Å². The van der Waals surface area contributed by atoms with E-state index in [1.54, 1.807) is 11.1 Å². The molecular formula is C15H26Ti. The maximum Gasteiger partial charge on any atom is 4.00 e. The van der Waals surface area contributed by atoms with E-state index in [-0.39, 0.29) is 44.0 Å². The second-order valence-corrected chi connectivity index (χ2v) is 3.98. The Bertz CT molecular complexity index is 248.